The maximum absolute atomic E-state index is 10.5. The molecular formula is C7H10N2O2. The largest absolute Gasteiger partial charge is 0.478 e. The lowest BCUT2D eigenvalue weighted by atomic mass is 10.2. The zero-order chi connectivity index (χ0) is 8.27. The van der Waals surface area contributed by atoms with Gasteiger partial charge in [-0.05, 0) is 6.42 Å². The standard InChI is InChI=1S/C7H10N2O2/c1-2-3-6-5(7(10)11)4-8-9-6/h4H,2-3H2,1H3,(H,8,9)(H,10,11). The first-order chi connectivity index (χ1) is 5.25. The van der Waals surface area contributed by atoms with Gasteiger partial charge in [0.15, 0.2) is 0 Å². The molecule has 0 aliphatic carbocycles. The molecule has 0 aromatic carbocycles. The molecule has 1 rings (SSSR count). The molecule has 0 unspecified atom stereocenters. The molecule has 1 heterocycles. The second-order valence-electron chi connectivity index (χ2n) is 2.32. The second-order valence-corrected chi connectivity index (χ2v) is 2.32. The topological polar surface area (TPSA) is 66.0 Å². The summed E-state index contributed by atoms with van der Waals surface area (Å²) in [5, 5.41) is 14.9. The van der Waals surface area contributed by atoms with Gasteiger partial charge in [-0.25, -0.2) is 4.79 Å². The number of hydrogen-bond donors (Lipinski definition) is 2. The van der Waals surface area contributed by atoms with Crippen LogP contribution in [-0.2, 0) is 6.42 Å². The molecule has 0 aliphatic heterocycles. The molecular weight excluding hydrogens is 144 g/mol. The van der Waals surface area contributed by atoms with Crippen LogP contribution < -0.4 is 0 Å². The predicted octanol–water partition coefficient (Wildman–Crippen LogP) is 1.06. The number of nitrogens with zero attached hydrogens (tertiary/aromatic N) is 1. The van der Waals surface area contributed by atoms with E-state index in [-0.39, 0.29) is 5.56 Å². The number of aromatic carboxylic acids is 1. The van der Waals surface area contributed by atoms with E-state index in [4.69, 9.17) is 5.11 Å². The van der Waals surface area contributed by atoms with Crippen molar-refractivity contribution in [3.8, 4) is 0 Å². The van der Waals surface area contributed by atoms with Gasteiger partial charge in [0.2, 0.25) is 0 Å². The zero-order valence-electron chi connectivity index (χ0n) is 6.29. The Kier molecular flexibility index (Phi) is 2.25. The van der Waals surface area contributed by atoms with Gasteiger partial charge in [-0.3, -0.25) is 5.10 Å². The van der Waals surface area contributed by atoms with Crippen LogP contribution in [0.3, 0.4) is 0 Å². The van der Waals surface area contributed by atoms with E-state index in [1.807, 2.05) is 6.92 Å². The van der Waals surface area contributed by atoms with Crippen molar-refractivity contribution < 1.29 is 9.90 Å². The highest BCUT2D eigenvalue weighted by Gasteiger charge is 2.10. The first kappa shape index (κ1) is 7.78. The quantitative estimate of drug-likeness (QED) is 0.684. The Balaban J connectivity index is 2.87. The Morgan fingerprint density at radius 3 is 3.09 bits per heavy atom. The maximum atomic E-state index is 10.5. The highest BCUT2D eigenvalue weighted by atomic mass is 16.4. The lowest BCUT2D eigenvalue weighted by molar-refractivity contribution is 0.0696. The lowest BCUT2D eigenvalue weighted by Gasteiger charge is -1.93. The molecule has 1 aromatic rings. The van der Waals surface area contributed by atoms with Gasteiger partial charge < -0.3 is 5.11 Å². The van der Waals surface area contributed by atoms with Crippen LogP contribution in [0.4, 0.5) is 0 Å². The molecule has 4 heteroatoms. The van der Waals surface area contributed by atoms with Crippen LogP contribution >= 0.6 is 0 Å². The molecule has 0 radical (unpaired) electrons. The van der Waals surface area contributed by atoms with Gasteiger partial charge in [0, 0.05) is 5.69 Å². The average molecular weight is 154 g/mol. The van der Waals surface area contributed by atoms with Crippen molar-refractivity contribution in [2.75, 3.05) is 0 Å². The van der Waals surface area contributed by atoms with Gasteiger partial charge in [0.05, 0.1) is 6.20 Å². The lowest BCUT2D eigenvalue weighted by Crippen LogP contribution is -1.99. The minimum absolute atomic E-state index is 0.284. The highest BCUT2D eigenvalue weighted by Crippen LogP contribution is 2.06. The Morgan fingerprint density at radius 2 is 2.55 bits per heavy atom. The minimum atomic E-state index is -0.915. The van der Waals surface area contributed by atoms with E-state index in [0.29, 0.717) is 5.69 Å². The number of aryl methyl sites for hydroxylation is 1. The Hall–Kier alpha value is -1.32. The molecule has 0 spiro atoms. The number of H-pyrrole nitrogens is 1. The van der Waals surface area contributed by atoms with Crippen molar-refractivity contribution in [1.29, 1.82) is 0 Å². The SMILES string of the molecule is CCCc1[nH]ncc1C(=O)O. The summed E-state index contributed by atoms with van der Waals surface area (Å²) < 4.78 is 0. The fourth-order valence-electron chi connectivity index (χ4n) is 0.938. The molecule has 1 aromatic heterocycles. The number of aromatic amines is 1. The fraction of sp³-hybridized carbons (Fsp3) is 0.429. The smallest absolute Gasteiger partial charge is 0.339 e. The third-order valence-corrected chi connectivity index (χ3v) is 1.45. The van der Waals surface area contributed by atoms with Crippen molar-refractivity contribution in [2.24, 2.45) is 0 Å². The van der Waals surface area contributed by atoms with Crippen LogP contribution in [0.15, 0.2) is 6.20 Å². The van der Waals surface area contributed by atoms with E-state index in [1.165, 1.54) is 6.20 Å². The second kappa shape index (κ2) is 3.18. The number of carboxylic acid groups (broad SMARTS) is 1. The summed E-state index contributed by atoms with van der Waals surface area (Å²) in [6, 6.07) is 0. The molecule has 11 heavy (non-hydrogen) atoms. The van der Waals surface area contributed by atoms with E-state index in [0.717, 1.165) is 12.8 Å². The van der Waals surface area contributed by atoms with Crippen LogP contribution in [0.1, 0.15) is 29.4 Å². The summed E-state index contributed by atoms with van der Waals surface area (Å²) in [5.41, 5.74) is 0.992. The van der Waals surface area contributed by atoms with Crippen LogP contribution in [0, 0.1) is 0 Å². The third kappa shape index (κ3) is 1.58. The van der Waals surface area contributed by atoms with Crippen molar-refractivity contribution in [3.05, 3.63) is 17.5 Å². The Morgan fingerprint density at radius 1 is 1.82 bits per heavy atom. The van der Waals surface area contributed by atoms with Crippen molar-refractivity contribution in [2.45, 2.75) is 19.8 Å². The van der Waals surface area contributed by atoms with Crippen LogP contribution in [0.5, 0.6) is 0 Å². The van der Waals surface area contributed by atoms with E-state index in [9.17, 15) is 4.79 Å². The van der Waals surface area contributed by atoms with Gasteiger partial charge in [0.1, 0.15) is 5.56 Å². The maximum Gasteiger partial charge on any atom is 0.339 e. The monoisotopic (exact) mass is 154 g/mol. The van der Waals surface area contributed by atoms with E-state index in [2.05, 4.69) is 10.2 Å². The number of aromatic nitrogens is 2. The number of carbonyl (C=O) groups is 1. The average Bonchev–Trinajstić information content (AvgIpc) is 2.36. The Bertz CT molecular complexity index is 255. The van der Waals surface area contributed by atoms with Crippen molar-refractivity contribution in [1.82, 2.24) is 10.2 Å². The van der Waals surface area contributed by atoms with Gasteiger partial charge >= 0.3 is 5.97 Å². The molecule has 4 nitrogen and oxygen atoms in total. The molecule has 0 aliphatic rings. The van der Waals surface area contributed by atoms with E-state index < -0.39 is 5.97 Å². The van der Waals surface area contributed by atoms with Gasteiger partial charge in [-0.2, -0.15) is 5.10 Å². The molecule has 60 valence electrons. The number of rotatable bonds is 3. The third-order valence-electron chi connectivity index (χ3n) is 1.45. The summed E-state index contributed by atoms with van der Waals surface area (Å²) in [4.78, 5) is 10.5. The summed E-state index contributed by atoms with van der Waals surface area (Å²) in [7, 11) is 0. The zero-order valence-corrected chi connectivity index (χ0v) is 6.29. The summed E-state index contributed by atoms with van der Waals surface area (Å²) in [5.74, 6) is -0.915. The molecule has 2 N–H and O–H groups in total. The van der Waals surface area contributed by atoms with Crippen LogP contribution in [-0.4, -0.2) is 21.3 Å². The van der Waals surface area contributed by atoms with Crippen molar-refractivity contribution in [3.63, 3.8) is 0 Å². The first-order valence-electron chi connectivity index (χ1n) is 3.51. The van der Waals surface area contributed by atoms with Crippen LogP contribution in [0.2, 0.25) is 0 Å². The molecule has 0 atom stereocenters. The number of nitrogens with one attached hydrogen (secondary N) is 1. The molecule has 0 amide bonds. The molecule has 0 saturated heterocycles. The van der Waals surface area contributed by atoms with E-state index >= 15 is 0 Å². The molecule has 0 saturated carbocycles. The van der Waals surface area contributed by atoms with Gasteiger partial charge in [-0.15, -0.1) is 0 Å². The fourth-order valence-corrected chi connectivity index (χ4v) is 0.938. The van der Waals surface area contributed by atoms with Gasteiger partial charge in [-0.1, -0.05) is 13.3 Å². The van der Waals surface area contributed by atoms with Gasteiger partial charge in [0.25, 0.3) is 0 Å². The summed E-state index contributed by atoms with van der Waals surface area (Å²) in [6.45, 7) is 1.99. The number of hydrogen-bond acceptors (Lipinski definition) is 2. The number of carboxylic acids is 1. The van der Waals surface area contributed by atoms with E-state index in [1.54, 1.807) is 0 Å². The van der Waals surface area contributed by atoms with Crippen molar-refractivity contribution >= 4 is 5.97 Å². The minimum Gasteiger partial charge on any atom is -0.478 e. The normalized spacial score (nSPS) is 9.91. The molecule has 0 bridgehead atoms. The van der Waals surface area contributed by atoms with Crippen LogP contribution in [0.25, 0.3) is 0 Å². The first-order valence-corrected chi connectivity index (χ1v) is 3.51. The highest BCUT2D eigenvalue weighted by molar-refractivity contribution is 5.88. The molecule has 0 fully saturated rings. The summed E-state index contributed by atoms with van der Waals surface area (Å²) >= 11 is 0. The predicted molar refractivity (Wildman–Crippen MR) is 39.5 cm³/mol. The Labute approximate surface area is 64.2 Å². The summed E-state index contributed by atoms with van der Waals surface area (Å²) in [6.07, 6.45) is 3.00.